The lowest BCUT2D eigenvalue weighted by Gasteiger charge is -2.02. The maximum absolute atomic E-state index is 12.3. The summed E-state index contributed by atoms with van der Waals surface area (Å²) < 4.78 is 0. The van der Waals surface area contributed by atoms with Gasteiger partial charge >= 0.3 is 0 Å². The molecule has 1 aliphatic rings. The lowest BCUT2D eigenvalue weighted by atomic mass is 9.96. The summed E-state index contributed by atoms with van der Waals surface area (Å²) in [5.41, 5.74) is 1.05. The third-order valence-corrected chi connectivity index (χ3v) is 3.19. The molecular weight excluding hydrogens is 264 g/mol. The summed E-state index contributed by atoms with van der Waals surface area (Å²) in [7, 11) is 0. The third-order valence-electron chi connectivity index (χ3n) is 3.19. The van der Waals surface area contributed by atoms with Crippen LogP contribution >= 0.6 is 0 Å². The summed E-state index contributed by atoms with van der Waals surface area (Å²) >= 11 is 0. The van der Waals surface area contributed by atoms with Crippen LogP contribution in [0, 0.1) is 45.3 Å². The van der Waals surface area contributed by atoms with E-state index in [1.165, 1.54) is 18.2 Å². The number of carbonyl (C=O) groups excluding carboxylic acids is 1. The first-order chi connectivity index (χ1) is 10.1. The highest BCUT2D eigenvalue weighted by atomic mass is 16.1. The summed E-state index contributed by atoms with van der Waals surface area (Å²) in [6, 6.07) is 9.98. The van der Waals surface area contributed by atoms with Crippen molar-refractivity contribution in [3.63, 3.8) is 0 Å². The minimum Gasteiger partial charge on any atom is -0.289 e. The molecule has 0 unspecified atom stereocenters. The van der Waals surface area contributed by atoms with Crippen molar-refractivity contribution in [1.82, 2.24) is 0 Å². The van der Waals surface area contributed by atoms with Gasteiger partial charge in [-0.15, -0.1) is 0 Å². The van der Waals surface area contributed by atoms with Gasteiger partial charge in [0.25, 0.3) is 0 Å². The van der Waals surface area contributed by atoms with Gasteiger partial charge in [0.2, 0.25) is 0 Å². The number of hydrogen-bond donors (Lipinski definition) is 0. The van der Waals surface area contributed by atoms with Gasteiger partial charge in [0, 0.05) is 16.7 Å². The van der Waals surface area contributed by atoms with Crippen LogP contribution in [0.4, 0.5) is 0 Å². The van der Waals surface area contributed by atoms with Crippen LogP contribution < -0.4 is 0 Å². The first-order valence-electron chi connectivity index (χ1n) is 5.87. The monoisotopic (exact) mass is 270 g/mol. The number of nitrogens with zero attached hydrogens (tertiary/aromatic N) is 4. The van der Waals surface area contributed by atoms with Gasteiger partial charge in [0.15, 0.2) is 5.78 Å². The van der Waals surface area contributed by atoms with E-state index in [-0.39, 0.29) is 39.2 Å². The number of rotatable bonds is 0. The molecule has 0 amide bonds. The molecule has 1 aromatic carbocycles. The lowest BCUT2D eigenvalue weighted by molar-refractivity contribution is 0.104. The molecule has 0 saturated heterocycles. The van der Waals surface area contributed by atoms with Crippen LogP contribution in [0.5, 0.6) is 0 Å². The van der Waals surface area contributed by atoms with E-state index in [1.54, 1.807) is 19.1 Å². The quantitative estimate of drug-likeness (QED) is 0.530. The van der Waals surface area contributed by atoms with Crippen LogP contribution in [0.1, 0.15) is 34.0 Å². The minimum atomic E-state index is -0.355. The number of fused-ring (bicyclic) bond motifs is 1. The van der Waals surface area contributed by atoms with Gasteiger partial charge < -0.3 is 0 Å². The fourth-order valence-electron chi connectivity index (χ4n) is 2.26. The van der Waals surface area contributed by atoms with Crippen molar-refractivity contribution >= 4 is 11.4 Å². The molecule has 2 rings (SSSR count). The number of nitriles is 4. The van der Waals surface area contributed by atoms with E-state index in [0.717, 1.165) is 0 Å². The van der Waals surface area contributed by atoms with E-state index in [1.807, 2.05) is 12.1 Å². The van der Waals surface area contributed by atoms with E-state index < -0.39 is 0 Å². The zero-order chi connectivity index (χ0) is 15.6. The molecule has 0 N–H and O–H groups in total. The third kappa shape index (κ3) is 1.87. The summed E-state index contributed by atoms with van der Waals surface area (Å²) in [5.74, 6) is -0.355. The molecular formula is C16H6N4O. The molecule has 0 saturated carbocycles. The van der Waals surface area contributed by atoms with E-state index in [2.05, 4.69) is 0 Å². The van der Waals surface area contributed by atoms with Crippen LogP contribution in [0.3, 0.4) is 0 Å². The maximum Gasteiger partial charge on any atom is 0.194 e. The average molecular weight is 270 g/mol. The van der Waals surface area contributed by atoms with Crippen LogP contribution in [-0.2, 0) is 0 Å². The molecule has 5 nitrogen and oxygen atoms in total. The highest BCUT2D eigenvalue weighted by molar-refractivity contribution is 6.27. The molecule has 21 heavy (non-hydrogen) atoms. The molecule has 96 valence electrons. The Hall–Kier alpha value is -3.67. The highest BCUT2D eigenvalue weighted by Crippen LogP contribution is 2.39. The molecule has 1 aliphatic carbocycles. The Morgan fingerprint density at radius 2 is 1.52 bits per heavy atom. The van der Waals surface area contributed by atoms with Gasteiger partial charge in [-0.25, -0.2) is 0 Å². The molecule has 0 atom stereocenters. The normalized spacial score (nSPS) is 13.9. The van der Waals surface area contributed by atoms with Crippen LogP contribution in [0.2, 0.25) is 0 Å². The van der Waals surface area contributed by atoms with E-state index >= 15 is 0 Å². The Kier molecular flexibility index (Phi) is 3.37. The molecule has 1 aromatic rings. The zero-order valence-corrected chi connectivity index (χ0v) is 10.9. The number of benzene rings is 1. The molecule has 0 spiro atoms. The minimum absolute atomic E-state index is 0.0942. The van der Waals surface area contributed by atoms with Gasteiger partial charge in [0.05, 0.1) is 11.1 Å². The SMILES string of the molecule is C/C=C1/C(=O)c2cc(C#N)c(C#N)cc2C1=C(C#N)C#N. The predicted molar refractivity (Wildman–Crippen MR) is 72.1 cm³/mol. The van der Waals surface area contributed by atoms with Crippen molar-refractivity contribution in [2.24, 2.45) is 0 Å². The molecule has 0 radical (unpaired) electrons. The molecule has 0 aliphatic heterocycles. The summed E-state index contributed by atoms with van der Waals surface area (Å²) in [6.07, 6.45) is 1.52. The van der Waals surface area contributed by atoms with Gasteiger partial charge in [-0.2, -0.15) is 21.0 Å². The second-order valence-electron chi connectivity index (χ2n) is 4.17. The van der Waals surface area contributed by atoms with E-state index in [0.29, 0.717) is 5.56 Å². The van der Waals surface area contributed by atoms with Gasteiger partial charge in [-0.1, -0.05) is 6.08 Å². The first-order valence-corrected chi connectivity index (χ1v) is 5.87. The maximum atomic E-state index is 12.3. The number of ketones is 1. The Balaban J connectivity index is 2.97. The van der Waals surface area contributed by atoms with Crippen LogP contribution in [-0.4, -0.2) is 5.78 Å². The average Bonchev–Trinajstić information content (AvgIpc) is 2.79. The fourth-order valence-corrected chi connectivity index (χ4v) is 2.26. The number of hydrogen-bond acceptors (Lipinski definition) is 5. The van der Waals surface area contributed by atoms with Crippen LogP contribution in [0.15, 0.2) is 29.4 Å². The smallest absolute Gasteiger partial charge is 0.194 e. The van der Waals surface area contributed by atoms with Crippen molar-refractivity contribution in [1.29, 1.82) is 21.0 Å². The van der Waals surface area contributed by atoms with E-state index in [9.17, 15) is 4.79 Å². The van der Waals surface area contributed by atoms with Crippen molar-refractivity contribution < 1.29 is 4.79 Å². The molecule has 5 heteroatoms. The molecule has 0 fully saturated rings. The van der Waals surface area contributed by atoms with Gasteiger partial charge in [-0.05, 0) is 24.6 Å². The molecule has 0 aromatic heterocycles. The Labute approximate surface area is 120 Å². The largest absolute Gasteiger partial charge is 0.289 e. The van der Waals surface area contributed by atoms with Crippen LogP contribution in [0.25, 0.3) is 5.57 Å². The molecule has 0 heterocycles. The highest BCUT2D eigenvalue weighted by Gasteiger charge is 2.33. The second-order valence-corrected chi connectivity index (χ2v) is 4.17. The van der Waals surface area contributed by atoms with E-state index in [4.69, 9.17) is 21.0 Å². The topological polar surface area (TPSA) is 112 Å². The summed E-state index contributed by atoms with van der Waals surface area (Å²) in [4.78, 5) is 12.3. The number of allylic oxidation sites excluding steroid dienone is 4. The first kappa shape index (κ1) is 13.8. The zero-order valence-electron chi connectivity index (χ0n) is 10.9. The second kappa shape index (κ2) is 5.14. The van der Waals surface area contributed by atoms with Crippen molar-refractivity contribution in [2.75, 3.05) is 0 Å². The summed E-state index contributed by atoms with van der Waals surface area (Å²) in [5, 5.41) is 36.2. The standard InChI is InChI=1S/C16H6N4O/c1-2-12-15(11(7-19)8-20)13-3-9(5-17)10(6-18)4-14(13)16(12)21/h2-4H,1H3/b12-2+. The van der Waals surface area contributed by atoms with Gasteiger partial charge in [-0.3, -0.25) is 4.79 Å². The number of Topliss-reactive ketones (excluding diaryl/α,β-unsaturated/α-hetero) is 1. The predicted octanol–water partition coefficient (Wildman–Crippen LogP) is 2.37. The lowest BCUT2D eigenvalue weighted by Crippen LogP contribution is -1.96. The van der Waals surface area contributed by atoms with Crippen molar-refractivity contribution in [3.8, 4) is 24.3 Å². The van der Waals surface area contributed by atoms with Crippen molar-refractivity contribution in [2.45, 2.75) is 6.92 Å². The number of carbonyl (C=O) groups is 1. The Bertz CT molecular complexity index is 890. The van der Waals surface area contributed by atoms with Crippen molar-refractivity contribution in [3.05, 3.63) is 51.6 Å². The molecule has 0 bridgehead atoms. The fraction of sp³-hybridized carbons (Fsp3) is 0.0625. The Morgan fingerprint density at radius 3 is 1.95 bits per heavy atom. The van der Waals surface area contributed by atoms with Gasteiger partial charge in [0.1, 0.15) is 29.8 Å². The Morgan fingerprint density at radius 1 is 1.00 bits per heavy atom. The summed E-state index contributed by atoms with van der Waals surface area (Å²) in [6.45, 7) is 1.63.